The molecule has 1 atom stereocenters. The summed E-state index contributed by atoms with van der Waals surface area (Å²) in [4.78, 5) is 8.81. The van der Waals surface area contributed by atoms with Crippen LogP contribution in [0.2, 0.25) is 0 Å². The van der Waals surface area contributed by atoms with E-state index < -0.39 is 22.5 Å². The maximum atomic E-state index is 13.5. The van der Waals surface area contributed by atoms with E-state index in [1.165, 1.54) is 23.5 Å². The zero-order chi connectivity index (χ0) is 24.5. The molecule has 4 rings (SSSR count). The van der Waals surface area contributed by atoms with Gasteiger partial charge in [0, 0.05) is 40.8 Å². The maximum absolute atomic E-state index is 13.5. The third-order valence-corrected chi connectivity index (χ3v) is 8.22. The molecule has 0 amide bonds. The number of anilines is 2. The van der Waals surface area contributed by atoms with Crippen molar-refractivity contribution in [3.63, 3.8) is 0 Å². The molecule has 1 N–H and O–H groups in total. The van der Waals surface area contributed by atoms with Gasteiger partial charge in [-0.3, -0.25) is 8.89 Å². The fourth-order valence-electron chi connectivity index (χ4n) is 4.38. The highest BCUT2D eigenvalue weighted by molar-refractivity contribution is 7.85. The van der Waals surface area contributed by atoms with Crippen LogP contribution in [0.15, 0.2) is 41.7 Å². The highest BCUT2D eigenvalue weighted by atomic mass is 32.2. The van der Waals surface area contributed by atoms with E-state index in [0.29, 0.717) is 5.69 Å². The molecule has 182 valence electrons. The molecule has 0 bridgehead atoms. The van der Waals surface area contributed by atoms with Gasteiger partial charge >= 0.3 is 6.18 Å². The zero-order valence-corrected chi connectivity index (χ0v) is 20.2. The minimum atomic E-state index is -4.60. The van der Waals surface area contributed by atoms with E-state index >= 15 is 0 Å². The number of hydrogen-bond donors (Lipinski definition) is 1. The van der Waals surface area contributed by atoms with Crippen molar-refractivity contribution in [2.45, 2.75) is 62.3 Å². The molecule has 1 unspecified atom stereocenters. The Morgan fingerprint density at radius 2 is 1.91 bits per heavy atom. The van der Waals surface area contributed by atoms with E-state index in [0.717, 1.165) is 48.3 Å². The highest BCUT2D eigenvalue weighted by Crippen LogP contribution is 2.36. The molecule has 1 aliphatic carbocycles. The van der Waals surface area contributed by atoms with Crippen LogP contribution >= 0.6 is 0 Å². The SMILES string of the molecule is CCC1CCC(S(=O)c2ccc(Nc3ncc(C(F)(F)F)c(-c4cnn(C)c4)n3)c(C)c2)CC1. The van der Waals surface area contributed by atoms with Crippen molar-refractivity contribution >= 4 is 22.4 Å². The quantitative estimate of drug-likeness (QED) is 0.456. The topological polar surface area (TPSA) is 72.7 Å². The third-order valence-electron chi connectivity index (χ3n) is 6.42. The molecule has 2 heterocycles. The molecule has 1 fully saturated rings. The number of alkyl halides is 3. The Balaban J connectivity index is 1.55. The van der Waals surface area contributed by atoms with Crippen LogP contribution < -0.4 is 5.32 Å². The van der Waals surface area contributed by atoms with Gasteiger partial charge in [0.15, 0.2) is 0 Å². The van der Waals surface area contributed by atoms with E-state index in [1.807, 2.05) is 19.1 Å². The first-order valence-corrected chi connectivity index (χ1v) is 12.6. The second-order valence-corrected chi connectivity index (χ2v) is 10.5. The number of halogens is 3. The number of nitrogens with one attached hydrogen (secondary N) is 1. The summed E-state index contributed by atoms with van der Waals surface area (Å²) in [5.41, 5.74) is 0.551. The first-order valence-electron chi connectivity index (χ1n) is 11.4. The van der Waals surface area contributed by atoms with Crippen molar-refractivity contribution in [3.05, 3.63) is 47.9 Å². The summed E-state index contributed by atoms with van der Waals surface area (Å²) in [6, 6.07) is 5.46. The predicted molar refractivity (Wildman–Crippen MR) is 126 cm³/mol. The molecule has 0 spiro atoms. The van der Waals surface area contributed by atoms with Crippen molar-refractivity contribution in [2.24, 2.45) is 13.0 Å². The van der Waals surface area contributed by atoms with Crippen molar-refractivity contribution < 1.29 is 17.4 Å². The average Bonchev–Trinajstić information content (AvgIpc) is 3.25. The standard InChI is InChI=1S/C24H28F3N5OS/c1-4-16-5-7-18(8-6-16)34(33)19-9-10-21(15(2)11-19)30-23-28-13-20(24(25,26)27)22(31-23)17-12-29-32(3)14-17/h9-14,16,18H,4-8H2,1-3H3,(H,28,30,31). The summed E-state index contributed by atoms with van der Waals surface area (Å²) < 4.78 is 55.1. The molecular formula is C24H28F3N5OS. The Labute approximate surface area is 199 Å². The smallest absolute Gasteiger partial charge is 0.324 e. The van der Waals surface area contributed by atoms with Gasteiger partial charge in [0.2, 0.25) is 5.95 Å². The fraction of sp³-hybridized carbons (Fsp3) is 0.458. The van der Waals surface area contributed by atoms with Crippen molar-refractivity contribution in [1.29, 1.82) is 0 Å². The summed E-state index contributed by atoms with van der Waals surface area (Å²) in [5, 5.41) is 7.14. The van der Waals surface area contributed by atoms with Crippen molar-refractivity contribution in [3.8, 4) is 11.3 Å². The third kappa shape index (κ3) is 5.32. The van der Waals surface area contributed by atoms with Gasteiger partial charge in [-0.05, 0) is 62.3 Å². The Hall–Kier alpha value is -2.75. The largest absolute Gasteiger partial charge is 0.419 e. The van der Waals surface area contributed by atoms with Gasteiger partial charge in [-0.25, -0.2) is 9.97 Å². The lowest BCUT2D eigenvalue weighted by molar-refractivity contribution is -0.137. The Morgan fingerprint density at radius 1 is 1.18 bits per heavy atom. The van der Waals surface area contributed by atoms with Gasteiger partial charge in [0.1, 0.15) is 5.56 Å². The molecule has 2 aromatic heterocycles. The number of benzene rings is 1. The monoisotopic (exact) mass is 491 g/mol. The molecule has 10 heteroatoms. The molecule has 0 saturated heterocycles. The molecule has 3 aromatic rings. The average molecular weight is 492 g/mol. The molecular weight excluding hydrogens is 463 g/mol. The number of aromatic nitrogens is 4. The number of nitrogens with zero attached hydrogens (tertiary/aromatic N) is 4. The maximum Gasteiger partial charge on any atom is 0.419 e. The van der Waals surface area contributed by atoms with Gasteiger partial charge < -0.3 is 5.32 Å². The summed E-state index contributed by atoms with van der Waals surface area (Å²) in [6.07, 6.45) is 4.36. The predicted octanol–water partition coefficient (Wildman–Crippen LogP) is 6.02. The molecule has 0 radical (unpaired) electrons. The summed E-state index contributed by atoms with van der Waals surface area (Å²) in [5.74, 6) is 0.781. The first kappa shape index (κ1) is 24.4. The van der Waals surface area contributed by atoms with Gasteiger partial charge in [-0.2, -0.15) is 18.3 Å². The lowest BCUT2D eigenvalue weighted by Gasteiger charge is -2.27. The lowest BCUT2D eigenvalue weighted by atomic mass is 9.87. The second-order valence-electron chi connectivity index (χ2n) is 8.81. The lowest BCUT2D eigenvalue weighted by Crippen LogP contribution is -2.23. The summed E-state index contributed by atoms with van der Waals surface area (Å²) in [7, 11) is 0.542. The van der Waals surface area contributed by atoms with Gasteiger partial charge in [0.25, 0.3) is 0 Å². The first-order chi connectivity index (χ1) is 16.2. The van der Waals surface area contributed by atoms with E-state index in [-0.39, 0.29) is 22.5 Å². The summed E-state index contributed by atoms with van der Waals surface area (Å²) >= 11 is 0. The Morgan fingerprint density at radius 3 is 2.50 bits per heavy atom. The number of hydrogen-bond acceptors (Lipinski definition) is 5. The second kappa shape index (κ2) is 9.85. The van der Waals surface area contributed by atoms with E-state index in [2.05, 4.69) is 27.3 Å². The number of aryl methyl sites for hydroxylation is 2. The summed E-state index contributed by atoms with van der Waals surface area (Å²) in [6.45, 7) is 4.07. The molecule has 34 heavy (non-hydrogen) atoms. The van der Waals surface area contributed by atoms with Crippen LogP contribution in [-0.4, -0.2) is 29.2 Å². The Kier molecular flexibility index (Phi) is 7.06. The van der Waals surface area contributed by atoms with Gasteiger partial charge in [-0.15, -0.1) is 0 Å². The zero-order valence-electron chi connectivity index (χ0n) is 19.4. The van der Waals surface area contributed by atoms with E-state index in [4.69, 9.17) is 0 Å². The molecule has 1 saturated carbocycles. The van der Waals surface area contributed by atoms with Crippen LogP contribution in [0.25, 0.3) is 11.3 Å². The molecule has 0 aliphatic heterocycles. The van der Waals surface area contributed by atoms with Crippen molar-refractivity contribution in [2.75, 3.05) is 5.32 Å². The molecule has 1 aliphatic rings. The van der Waals surface area contributed by atoms with E-state index in [9.17, 15) is 17.4 Å². The normalized spacial score (nSPS) is 19.7. The van der Waals surface area contributed by atoms with Crippen LogP contribution in [0.5, 0.6) is 0 Å². The van der Waals surface area contributed by atoms with Crippen LogP contribution in [0.3, 0.4) is 0 Å². The van der Waals surface area contributed by atoms with Crippen LogP contribution in [-0.2, 0) is 24.0 Å². The minimum absolute atomic E-state index is 0.0433. The number of rotatable bonds is 6. The fourth-order valence-corrected chi connectivity index (χ4v) is 5.96. The Bertz CT molecular complexity index is 1190. The van der Waals surface area contributed by atoms with Gasteiger partial charge in [0.05, 0.1) is 22.7 Å². The van der Waals surface area contributed by atoms with Crippen LogP contribution in [0.1, 0.15) is 50.2 Å². The van der Waals surface area contributed by atoms with Crippen LogP contribution in [0.4, 0.5) is 24.8 Å². The van der Waals surface area contributed by atoms with Crippen molar-refractivity contribution in [1.82, 2.24) is 19.7 Å². The molecule has 1 aromatic carbocycles. The van der Waals surface area contributed by atoms with Crippen LogP contribution in [0, 0.1) is 12.8 Å². The highest BCUT2D eigenvalue weighted by Gasteiger charge is 2.36. The minimum Gasteiger partial charge on any atom is -0.324 e. The van der Waals surface area contributed by atoms with E-state index in [1.54, 1.807) is 13.1 Å². The van der Waals surface area contributed by atoms with Gasteiger partial charge in [-0.1, -0.05) is 13.3 Å². The molecule has 6 nitrogen and oxygen atoms in total.